The number of carbonyl (C=O) groups is 2. The summed E-state index contributed by atoms with van der Waals surface area (Å²) in [6.45, 7) is 13.3. The molecule has 0 bridgehead atoms. The molecule has 11 nitrogen and oxygen atoms in total. The molecule has 11 heteroatoms. The number of ether oxygens (including phenoxy) is 2. The number of carbonyl (C=O) groups excluding carboxylic acids is 2. The number of nitrogens with two attached hydrogens (primary N) is 1. The highest BCUT2D eigenvalue weighted by Crippen LogP contribution is 2.32. The van der Waals surface area contributed by atoms with Crippen molar-refractivity contribution in [2.45, 2.75) is 52.7 Å². The molecule has 3 heterocycles. The van der Waals surface area contributed by atoms with E-state index in [1.807, 2.05) is 39.0 Å². The Morgan fingerprint density at radius 2 is 1.56 bits per heavy atom. The first kappa shape index (κ1) is 27.9. The first-order valence-electron chi connectivity index (χ1n) is 12.9. The highest BCUT2D eigenvalue weighted by atomic mass is 16.6. The summed E-state index contributed by atoms with van der Waals surface area (Å²) in [6.07, 6.45) is 2.39. The van der Waals surface area contributed by atoms with Gasteiger partial charge in [0.1, 0.15) is 23.3 Å². The molecule has 1 saturated heterocycles. The van der Waals surface area contributed by atoms with E-state index in [0.717, 1.165) is 27.8 Å². The Balaban J connectivity index is 1.55. The largest absolute Gasteiger partial charge is 0.444 e. The van der Waals surface area contributed by atoms with Crippen LogP contribution in [0.4, 0.5) is 26.9 Å². The molecule has 4 rings (SSSR count). The first-order chi connectivity index (χ1) is 18.2. The Morgan fingerprint density at radius 3 is 2.18 bits per heavy atom. The maximum Gasteiger partial charge on any atom is 0.415 e. The van der Waals surface area contributed by atoms with Crippen molar-refractivity contribution in [1.82, 2.24) is 19.9 Å². The topological polar surface area (TPSA) is 127 Å². The summed E-state index contributed by atoms with van der Waals surface area (Å²) in [5.41, 5.74) is 7.98. The van der Waals surface area contributed by atoms with Gasteiger partial charge in [0, 0.05) is 50.4 Å². The van der Waals surface area contributed by atoms with E-state index in [1.165, 1.54) is 4.90 Å². The summed E-state index contributed by atoms with van der Waals surface area (Å²) in [7, 11) is 1.58. The smallest absolute Gasteiger partial charge is 0.415 e. The fourth-order valence-corrected chi connectivity index (χ4v) is 4.23. The molecule has 39 heavy (non-hydrogen) atoms. The Hall–Kier alpha value is -4.15. The van der Waals surface area contributed by atoms with E-state index in [1.54, 1.807) is 51.3 Å². The van der Waals surface area contributed by atoms with Crippen LogP contribution in [0.5, 0.6) is 0 Å². The van der Waals surface area contributed by atoms with Crippen LogP contribution in [-0.4, -0.2) is 76.5 Å². The Labute approximate surface area is 228 Å². The van der Waals surface area contributed by atoms with E-state index in [2.05, 4.69) is 19.9 Å². The van der Waals surface area contributed by atoms with Crippen LogP contribution in [0.1, 0.15) is 41.5 Å². The number of nitrogens with zero attached hydrogens (tertiary/aromatic N) is 6. The molecule has 1 fully saturated rings. The van der Waals surface area contributed by atoms with Gasteiger partial charge in [-0.25, -0.2) is 24.5 Å². The minimum Gasteiger partial charge on any atom is -0.444 e. The van der Waals surface area contributed by atoms with Gasteiger partial charge >= 0.3 is 12.2 Å². The lowest BCUT2D eigenvalue weighted by atomic mass is 10.0. The maximum absolute atomic E-state index is 12.5. The lowest BCUT2D eigenvalue weighted by Gasteiger charge is -2.36. The van der Waals surface area contributed by atoms with Gasteiger partial charge in [0.25, 0.3) is 0 Å². The van der Waals surface area contributed by atoms with Gasteiger partial charge in [-0.1, -0.05) is 6.07 Å². The van der Waals surface area contributed by atoms with E-state index in [4.69, 9.17) is 15.2 Å². The lowest BCUT2D eigenvalue weighted by molar-refractivity contribution is 0.0240. The molecule has 0 atom stereocenters. The molecule has 1 aliphatic rings. The molecule has 2 N–H and O–H groups in total. The number of piperazine rings is 1. The molecular weight excluding hydrogens is 498 g/mol. The average Bonchev–Trinajstić information content (AvgIpc) is 2.85. The van der Waals surface area contributed by atoms with Gasteiger partial charge in [-0.05, 0) is 65.3 Å². The van der Waals surface area contributed by atoms with Crippen LogP contribution in [0.15, 0.2) is 36.8 Å². The van der Waals surface area contributed by atoms with Crippen molar-refractivity contribution in [3.63, 3.8) is 0 Å². The normalized spacial score (nSPS) is 14.3. The van der Waals surface area contributed by atoms with Crippen molar-refractivity contribution in [2.24, 2.45) is 0 Å². The fourth-order valence-electron chi connectivity index (χ4n) is 4.23. The molecule has 0 spiro atoms. The van der Waals surface area contributed by atoms with Crippen LogP contribution in [0.3, 0.4) is 0 Å². The van der Waals surface area contributed by atoms with E-state index in [-0.39, 0.29) is 6.09 Å². The van der Waals surface area contributed by atoms with E-state index < -0.39 is 17.3 Å². The second-order valence-electron chi connectivity index (χ2n) is 11.6. The zero-order valence-electron chi connectivity index (χ0n) is 23.7. The van der Waals surface area contributed by atoms with Crippen molar-refractivity contribution in [3.8, 4) is 11.1 Å². The summed E-state index contributed by atoms with van der Waals surface area (Å²) in [6, 6.07) is 7.68. The third-order valence-corrected chi connectivity index (χ3v) is 6.06. The summed E-state index contributed by atoms with van der Waals surface area (Å²) in [4.78, 5) is 43.6. The van der Waals surface area contributed by atoms with E-state index >= 15 is 0 Å². The molecule has 2 amide bonds. The average molecular weight is 536 g/mol. The lowest BCUT2D eigenvalue weighted by Crippen LogP contribution is -2.50. The van der Waals surface area contributed by atoms with Gasteiger partial charge in [-0.15, -0.1) is 0 Å². The summed E-state index contributed by atoms with van der Waals surface area (Å²) < 4.78 is 10.9. The number of anilines is 3. The Kier molecular flexibility index (Phi) is 7.54. The highest BCUT2D eigenvalue weighted by Gasteiger charge is 2.27. The van der Waals surface area contributed by atoms with Crippen molar-refractivity contribution < 1.29 is 19.1 Å². The predicted octanol–water partition coefficient (Wildman–Crippen LogP) is 4.70. The van der Waals surface area contributed by atoms with Gasteiger partial charge in [0.05, 0.1) is 11.2 Å². The minimum atomic E-state index is -0.632. The predicted molar refractivity (Wildman–Crippen MR) is 152 cm³/mol. The third-order valence-electron chi connectivity index (χ3n) is 6.06. The van der Waals surface area contributed by atoms with Gasteiger partial charge in [0.15, 0.2) is 5.82 Å². The van der Waals surface area contributed by atoms with Gasteiger partial charge < -0.3 is 25.0 Å². The molecule has 0 radical (unpaired) electrons. The van der Waals surface area contributed by atoms with Gasteiger partial charge in [-0.3, -0.25) is 4.90 Å². The van der Waals surface area contributed by atoms with Crippen molar-refractivity contribution in [2.75, 3.05) is 48.8 Å². The van der Waals surface area contributed by atoms with Gasteiger partial charge in [-0.2, -0.15) is 0 Å². The monoisotopic (exact) mass is 535 g/mol. The summed E-state index contributed by atoms with van der Waals surface area (Å²) in [5.74, 6) is 1.12. The Morgan fingerprint density at radius 1 is 0.897 bits per heavy atom. The summed E-state index contributed by atoms with van der Waals surface area (Å²) >= 11 is 0. The zero-order chi connectivity index (χ0) is 28.5. The molecule has 0 aliphatic carbocycles. The van der Waals surface area contributed by atoms with Crippen LogP contribution in [-0.2, 0) is 9.47 Å². The Bertz CT molecular complexity index is 1370. The number of rotatable bonds is 3. The number of hydrogen-bond donors (Lipinski definition) is 1. The molecule has 2 aromatic heterocycles. The van der Waals surface area contributed by atoms with Crippen LogP contribution < -0.4 is 15.5 Å². The molecule has 1 aliphatic heterocycles. The van der Waals surface area contributed by atoms with Gasteiger partial charge in [0.2, 0.25) is 0 Å². The van der Waals surface area contributed by atoms with E-state index in [0.29, 0.717) is 37.7 Å². The number of hydrogen-bond acceptors (Lipinski definition) is 9. The fraction of sp³-hybridized carbons (Fsp3) is 0.464. The van der Waals surface area contributed by atoms with E-state index in [9.17, 15) is 9.59 Å². The second-order valence-corrected chi connectivity index (χ2v) is 11.6. The quantitative estimate of drug-likeness (QED) is 0.507. The van der Waals surface area contributed by atoms with Crippen molar-refractivity contribution in [3.05, 3.63) is 36.8 Å². The molecule has 3 aromatic rings. The molecule has 208 valence electrons. The number of nitrogen functional groups attached to an aromatic ring is 1. The number of aromatic nitrogens is 3. The minimum absolute atomic E-state index is 0.303. The van der Waals surface area contributed by atoms with Crippen LogP contribution in [0.25, 0.3) is 22.0 Å². The first-order valence-corrected chi connectivity index (χ1v) is 12.9. The number of fused-ring (bicyclic) bond motifs is 1. The number of pyridine rings is 1. The molecule has 0 saturated carbocycles. The summed E-state index contributed by atoms with van der Waals surface area (Å²) in [5, 5.41) is 0.884. The van der Waals surface area contributed by atoms with Crippen LogP contribution >= 0.6 is 0 Å². The highest BCUT2D eigenvalue weighted by molar-refractivity contribution is 5.94. The third kappa shape index (κ3) is 6.65. The zero-order valence-corrected chi connectivity index (χ0v) is 23.7. The van der Waals surface area contributed by atoms with Crippen LogP contribution in [0.2, 0.25) is 0 Å². The molecular formula is C28H37N7O4. The SMILES string of the molecule is CN(C(=O)OC(C)(C)C)c1ncc(-c2ccc3ncnc(N4CCN(C(=O)OC(C)(C)C)CC4)c3c2)cc1N. The molecule has 1 aromatic carbocycles. The molecule has 0 unspecified atom stereocenters. The second kappa shape index (κ2) is 10.5. The van der Waals surface area contributed by atoms with Crippen molar-refractivity contribution >= 4 is 40.4 Å². The van der Waals surface area contributed by atoms with Crippen LogP contribution in [0, 0.1) is 0 Å². The number of amides is 2. The number of benzene rings is 1. The maximum atomic E-state index is 12.5. The van der Waals surface area contributed by atoms with Crippen molar-refractivity contribution in [1.29, 1.82) is 0 Å². The standard InChI is InChI=1S/C28H37N7O4/c1-27(2,3)38-25(36)33(7)24-21(29)15-19(16-30-24)18-8-9-22-20(14-18)23(32-17-31-22)34-10-12-35(13-11-34)26(37)39-28(4,5)6/h8-9,14-17H,10-13,29H2,1-7H3.